The van der Waals surface area contributed by atoms with Gasteiger partial charge in [0.1, 0.15) is 0 Å². The van der Waals surface area contributed by atoms with Crippen LogP contribution in [0.1, 0.15) is 5.56 Å². The Morgan fingerprint density at radius 3 is 2.85 bits per heavy atom. The summed E-state index contributed by atoms with van der Waals surface area (Å²) in [6.45, 7) is 2.35. The molecular weight excluding hydrogens is 254 g/mol. The van der Waals surface area contributed by atoms with E-state index >= 15 is 0 Å². The predicted octanol–water partition coefficient (Wildman–Crippen LogP) is 0.852. The van der Waals surface area contributed by atoms with Crippen molar-refractivity contribution in [2.75, 3.05) is 37.8 Å². The van der Waals surface area contributed by atoms with Crippen molar-refractivity contribution in [1.82, 2.24) is 25.1 Å². The molecule has 7 nitrogen and oxygen atoms in total. The van der Waals surface area contributed by atoms with Crippen LogP contribution >= 0.6 is 0 Å². The van der Waals surface area contributed by atoms with Crippen molar-refractivity contribution in [2.24, 2.45) is 0 Å². The van der Waals surface area contributed by atoms with Crippen LogP contribution in [0.5, 0.6) is 0 Å². The molecule has 0 unspecified atom stereocenters. The number of hydrogen-bond acceptors (Lipinski definition) is 7. The normalized spacial score (nSPS) is 10.6. The van der Waals surface area contributed by atoms with E-state index in [1.807, 2.05) is 32.4 Å². The second-order valence-electron chi connectivity index (χ2n) is 4.61. The van der Waals surface area contributed by atoms with Crippen molar-refractivity contribution in [2.45, 2.75) is 6.54 Å². The third-order valence-corrected chi connectivity index (χ3v) is 2.60. The van der Waals surface area contributed by atoms with Crippen molar-refractivity contribution in [3.05, 3.63) is 36.3 Å². The first-order chi connectivity index (χ1) is 9.74. The fourth-order valence-corrected chi connectivity index (χ4v) is 1.55. The summed E-state index contributed by atoms with van der Waals surface area (Å²) in [4.78, 5) is 10.5. The summed E-state index contributed by atoms with van der Waals surface area (Å²) < 4.78 is 0. The van der Waals surface area contributed by atoms with Crippen molar-refractivity contribution < 1.29 is 0 Å². The van der Waals surface area contributed by atoms with Gasteiger partial charge in [-0.2, -0.15) is 10.1 Å². The molecular formula is C13H19N7. The maximum absolute atomic E-state index is 4.35. The highest BCUT2D eigenvalue weighted by atomic mass is 15.3. The molecule has 0 aliphatic rings. The van der Waals surface area contributed by atoms with Crippen LogP contribution in [0.3, 0.4) is 0 Å². The monoisotopic (exact) mass is 273 g/mol. The average molecular weight is 273 g/mol. The Hall–Kier alpha value is -2.28. The minimum absolute atomic E-state index is 0.531. The van der Waals surface area contributed by atoms with Gasteiger partial charge >= 0.3 is 0 Å². The molecule has 0 saturated carbocycles. The Morgan fingerprint density at radius 2 is 2.10 bits per heavy atom. The summed E-state index contributed by atoms with van der Waals surface area (Å²) in [5.74, 6) is 1.22. The molecule has 2 aromatic heterocycles. The second-order valence-corrected chi connectivity index (χ2v) is 4.61. The molecule has 0 saturated heterocycles. The lowest BCUT2D eigenvalue weighted by atomic mass is 10.3. The highest BCUT2D eigenvalue weighted by Gasteiger charge is 2.00. The van der Waals surface area contributed by atoms with Gasteiger partial charge < -0.3 is 15.5 Å². The highest BCUT2D eigenvalue weighted by Crippen LogP contribution is 2.05. The van der Waals surface area contributed by atoms with Crippen molar-refractivity contribution in [1.29, 1.82) is 0 Å². The lowest BCUT2D eigenvalue weighted by Gasteiger charge is -2.10. The molecule has 0 radical (unpaired) electrons. The molecule has 0 aliphatic heterocycles. The molecule has 2 heterocycles. The van der Waals surface area contributed by atoms with E-state index in [-0.39, 0.29) is 0 Å². The zero-order valence-corrected chi connectivity index (χ0v) is 11.7. The summed E-state index contributed by atoms with van der Waals surface area (Å²) in [6, 6.07) is 3.91. The standard InChI is InChI=1S/C13H19N7/c1-20(2)7-6-15-13-18-12(10-17-19-13)16-9-11-4-3-5-14-8-11/h3-5,8,10H,6-7,9H2,1-2H3,(H2,15,16,18,19). The molecule has 106 valence electrons. The van der Waals surface area contributed by atoms with E-state index in [1.54, 1.807) is 12.4 Å². The third kappa shape index (κ3) is 4.77. The minimum atomic E-state index is 0.531. The van der Waals surface area contributed by atoms with Gasteiger partial charge in [-0.15, -0.1) is 5.10 Å². The molecule has 0 amide bonds. The SMILES string of the molecule is CN(C)CCNc1nncc(NCc2cccnc2)n1. The predicted molar refractivity (Wildman–Crippen MR) is 78.4 cm³/mol. The first-order valence-corrected chi connectivity index (χ1v) is 6.45. The third-order valence-electron chi connectivity index (χ3n) is 2.60. The number of rotatable bonds is 7. The molecule has 2 N–H and O–H groups in total. The van der Waals surface area contributed by atoms with Crippen LogP contribution in [0.25, 0.3) is 0 Å². The number of likely N-dealkylation sites (N-methyl/N-ethyl adjacent to an activating group) is 1. The number of hydrogen-bond donors (Lipinski definition) is 2. The van der Waals surface area contributed by atoms with Crippen LogP contribution in [0.2, 0.25) is 0 Å². The second kappa shape index (κ2) is 7.34. The molecule has 7 heteroatoms. The first-order valence-electron chi connectivity index (χ1n) is 6.45. The van der Waals surface area contributed by atoms with E-state index in [2.05, 4.69) is 35.7 Å². The average Bonchev–Trinajstić information content (AvgIpc) is 2.46. The largest absolute Gasteiger partial charge is 0.364 e. The molecule has 0 aromatic carbocycles. The maximum Gasteiger partial charge on any atom is 0.244 e. The topological polar surface area (TPSA) is 78.9 Å². The smallest absolute Gasteiger partial charge is 0.244 e. The number of pyridine rings is 1. The molecule has 0 bridgehead atoms. The summed E-state index contributed by atoms with van der Waals surface area (Å²) in [5, 5.41) is 14.2. The van der Waals surface area contributed by atoms with Crippen molar-refractivity contribution >= 4 is 11.8 Å². The van der Waals surface area contributed by atoms with E-state index in [4.69, 9.17) is 0 Å². The van der Waals surface area contributed by atoms with Gasteiger partial charge in [0, 0.05) is 32.0 Å². The van der Waals surface area contributed by atoms with Crippen LogP contribution in [0.15, 0.2) is 30.7 Å². The molecule has 0 spiro atoms. The minimum Gasteiger partial charge on any atom is -0.364 e. The van der Waals surface area contributed by atoms with Crippen LogP contribution in [0.4, 0.5) is 11.8 Å². The van der Waals surface area contributed by atoms with E-state index in [1.165, 1.54) is 0 Å². The summed E-state index contributed by atoms with van der Waals surface area (Å²) >= 11 is 0. The first kappa shape index (κ1) is 14.1. The van der Waals surface area contributed by atoms with Gasteiger partial charge in [-0.25, -0.2) is 0 Å². The van der Waals surface area contributed by atoms with Crippen LogP contribution in [-0.2, 0) is 6.54 Å². The molecule has 2 aromatic rings. The van der Waals surface area contributed by atoms with E-state index < -0.39 is 0 Å². The number of nitrogens with one attached hydrogen (secondary N) is 2. The molecule has 0 fully saturated rings. The number of aromatic nitrogens is 4. The molecule has 2 rings (SSSR count). The summed E-state index contributed by atoms with van der Waals surface area (Å²) in [6.07, 6.45) is 5.17. The zero-order valence-electron chi connectivity index (χ0n) is 11.7. The van der Waals surface area contributed by atoms with Crippen molar-refractivity contribution in [3.8, 4) is 0 Å². The quantitative estimate of drug-likeness (QED) is 0.774. The van der Waals surface area contributed by atoms with Gasteiger partial charge in [-0.1, -0.05) is 6.07 Å². The Morgan fingerprint density at radius 1 is 1.20 bits per heavy atom. The Labute approximate surface area is 118 Å². The Kier molecular flexibility index (Phi) is 5.19. The molecule has 0 aliphatic carbocycles. The Bertz CT molecular complexity index is 515. The lowest BCUT2D eigenvalue weighted by Crippen LogP contribution is -2.21. The Balaban J connectivity index is 1.86. The van der Waals surface area contributed by atoms with Crippen LogP contribution in [-0.4, -0.2) is 52.3 Å². The van der Waals surface area contributed by atoms with Gasteiger partial charge in [0.05, 0.1) is 6.20 Å². The van der Waals surface area contributed by atoms with Crippen molar-refractivity contribution in [3.63, 3.8) is 0 Å². The van der Waals surface area contributed by atoms with Gasteiger partial charge in [0.25, 0.3) is 0 Å². The van der Waals surface area contributed by atoms with Crippen LogP contribution in [0, 0.1) is 0 Å². The van der Waals surface area contributed by atoms with E-state index in [9.17, 15) is 0 Å². The highest BCUT2D eigenvalue weighted by molar-refractivity contribution is 5.37. The molecule has 0 atom stereocenters. The summed E-state index contributed by atoms with van der Waals surface area (Å²) in [7, 11) is 4.04. The zero-order chi connectivity index (χ0) is 14.2. The van der Waals surface area contributed by atoms with Gasteiger partial charge in [0.15, 0.2) is 5.82 Å². The summed E-state index contributed by atoms with van der Waals surface area (Å²) in [5.41, 5.74) is 1.09. The van der Waals surface area contributed by atoms with Gasteiger partial charge in [0.2, 0.25) is 5.95 Å². The van der Waals surface area contributed by atoms with Crippen LogP contribution < -0.4 is 10.6 Å². The fraction of sp³-hybridized carbons (Fsp3) is 0.385. The van der Waals surface area contributed by atoms with E-state index in [0.29, 0.717) is 18.3 Å². The fourth-order valence-electron chi connectivity index (χ4n) is 1.55. The van der Waals surface area contributed by atoms with E-state index in [0.717, 1.165) is 18.7 Å². The lowest BCUT2D eigenvalue weighted by molar-refractivity contribution is 0.425. The maximum atomic E-state index is 4.35. The number of anilines is 2. The van der Waals surface area contributed by atoms with Gasteiger partial charge in [-0.05, 0) is 25.7 Å². The molecule has 20 heavy (non-hydrogen) atoms. The van der Waals surface area contributed by atoms with Gasteiger partial charge in [-0.3, -0.25) is 4.98 Å². The number of nitrogens with zero attached hydrogens (tertiary/aromatic N) is 5.